The van der Waals surface area contributed by atoms with Crippen LogP contribution in [0, 0.1) is 11.3 Å². The van der Waals surface area contributed by atoms with Gasteiger partial charge in [0.1, 0.15) is 12.6 Å². The van der Waals surface area contributed by atoms with Crippen LogP contribution in [0.25, 0.3) is 0 Å². The molecule has 0 radical (unpaired) electrons. The van der Waals surface area contributed by atoms with Crippen molar-refractivity contribution in [3.8, 4) is 6.07 Å². The molecule has 0 aliphatic rings. The number of sulfonamides is 1. The van der Waals surface area contributed by atoms with Gasteiger partial charge >= 0.3 is 5.97 Å². The van der Waals surface area contributed by atoms with Gasteiger partial charge in [0, 0.05) is 5.69 Å². The first-order chi connectivity index (χ1) is 12.8. The van der Waals surface area contributed by atoms with Crippen molar-refractivity contribution in [2.75, 3.05) is 29.5 Å². The summed E-state index contributed by atoms with van der Waals surface area (Å²) < 4.78 is 29.7. The molecule has 2 rings (SSSR count). The smallest absolute Gasteiger partial charge is 0.337 e. The number of anilines is 2. The van der Waals surface area contributed by atoms with Crippen LogP contribution in [0.3, 0.4) is 0 Å². The first-order valence-electron chi connectivity index (χ1n) is 7.71. The number of carbonyl (C=O) groups is 2. The highest BCUT2D eigenvalue weighted by molar-refractivity contribution is 7.92. The average Bonchev–Trinajstić information content (AvgIpc) is 2.65. The number of methoxy groups -OCH3 is 1. The van der Waals surface area contributed by atoms with Gasteiger partial charge in [0.25, 0.3) is 0 Å². The van der Waals surface area contributed by atoms with Crippen LogP contribution in [0.2, 0.25) is 0 Å². The number of nitriles is 1. The highest BCUT2D eigenvalue weighted by atomic mass is 32.2. The molecule has 1 amide bonds. The second-order valence-corrected chi connectivity index (χ2v) is 7.42. The number of para-hydroxylation sites is 1. The first kappa shape index (κ1) is 19.9. The summed E-state index contributed by atoms with van der Waals surface area (Å²) in [6, 6.07) is 14.0. The second-order valence-electron chi connectivity index (χ2n) is 5.52. The van der Waals surface area contributed by atoms with Crippen LogP contribution in [0.4, 0.5) is 11.4 Å². The van der Waals surface area contributed by atoms with E-state index in [1.54, 1.807) is 12.1 Å². The second kappa shape index (κ2) is 8.33. The first-order valence-corrected chi connectivity index (χ1v) is 9.56. The number of hydrogen-bond donors (Lipinski definition) is 1. The van der Waals surface area contributed by atoms with Crippen LogP contribution in [0.1, 0.15) is 15.9 Å². The van der Waals surface area contributed by atoms with E-state index in [4.69, 9.17) is 0 Å². The summed E-state index contributed by atoms with van der Waals surface area (Å²) >= 11 is 0. The molecule has 2 aromatic carbocycles. The topological polar surface area (TPSA) is 117 Å². The van der Waals surface area contributed by atoms with E-state index < -0.39 is 28.4 Å². The SMILES string of the molecule is COC(=O)c1ccc(NC(=O)CN(c2ccccc2C#N)S(C)(=O)=O)cc1. The molecule has 0 spiro atoms. The number of amides is 1. The number of nitrogens with one attached hydrogen (secondary N) is 1. The lowest BCUT2D eigenvalue weighted by Crippen LogP contribution is -2.37. The van der Waals surface area contributed by atoms with E-state index in [2.05, 4.69) is 10.1 Å². The fourth-order valence-corrected chi connectivity index (χ4v) is 3.17. The zero-order chi connectivity index (χ0) is 20.0. The maximum atomic E-state index is 12.3. The van der Waals surface area contributed by atoms with Crippen molar-refractivity contribution in [2.24, 2.45) is 0 Å². The molecule has 9 heteroatoms. The van der Waals surface area contributed by atoms with Crippen LogP contribution < -0.4 is 9.62 Å². The van der Waals surface area contributed by atoms with Gasteiger partial charge in [-0.25, -0.2) is 13.2 Å². The Balaban J connectivity index is 2.20. The molecular weight excluding hydrogens is 370 g/mol. The van der Waals surface area contributed by atoms with E-state index in [9.17, 15) is 23.3 Å². The van der Waals surface area contributed by atoms with Gasteiger partial charge in [-0.05, 0) is 36.4 Å². The minimum atomic E-state index is -3.80. The zero-order valence-electron chi connectivity index (χ0n) is 14.7. The quantitative estimate of drug-likeness (QED) is 0.755. The largest absolute Gasteiger partial charge is 0.465 e. The predicted octanol–water partition coefficient (Wildman–Crippen LogP) is 1.75. The predicted molar refractivity (Wildman–Crippen MR) is 99.8 cm³/mol. The van der Waals surface area contributed by atoms with Crippen molar-refractivity contribution in [1.29, 1.82) is 5.26 Å². The van der Waals surface area contributed by atoms with Gasteiger partial charge in [0.15, 0.2) is 0 Å². The van der Waals surface area contributed by atoms with Crippen LogP contribution in [-0.2, 0) is 19.6 Å². The maximum Gasteiger partial charge on any atom is 0.337 e. The normalized spacial score (nSPS) is 10.6. The van der Waals surface area contributed by atoms with Crippen molar-refractivity contribution < 1.29 is 22.7 Å². The molecule has 8 nitrogen and oxygen atoms in total. The number of hydrogen-bond acceptors (Lipinski definition) is 6. The van der Waals surface area contributed by atoms with Crippen molar-refractivity contribution in [1.82, 2.24) is 0 Å². The summed E-state index contributed by atoms with van der Waals surface area (Å²) in [6.45, 7) is -0.504. The van der Waals surface area contributed by atoms with Gasteiger partial charge in [0.05, 0.1) is 30.2 Å². The zero-order valence-corrected chi connectivity index (χ0v) is 15.5. The summed E-state index contributed by atoms with van der Waals surface area (Å²) in [4.78, 5) is 23.7. The molecule has 2 aromatic rings. The lowest BCUT2D eigenvalue weighted by atomic mass is 10.2. The van der Waals surface area contributed by atoms with Gasteiger partial charge in [0.2, 0.25) is 15.9 Å². The Morgan fingerprint density at radius 3 is 2.33 bits per heavy atom. The highest BCUT2D eigenvalue weighted by Crippen LogP contribution is 2.22. The third kappa shape index (κ3) is 5.05. The van der Waals surface area contributed by atoms with Crippen LogP contribution in [0.15, 0.2) is 48.5 Å². The number of carbonyl (C=O) groups excluding carboxylic acids is 2. The maximum absolute atomic E-state index is 12.3. The van der Waals surface area contributed by atoms with Gasteiger partial charge in [-0.2, -0.15) is 5.26 Å². The van der Waals surface area contributed by atoms with Crippen molar-refractivity contribution in [3.63, 3.8) is 0 Å². The Labute approximate surface area is 157 Å². The van der Waals surface area contributed by atoms with Crippen LogP contribution in [-0.4, -0.2) is 40.2 Å². The molecule has 1 N–H and O–H groups in total. The minimum absolute atomic E-state index is 0.124. The summed E-state index contributed by atoms with van der Waals surface area (Å²) in [6.07, 6.45) is 0.958. The van der Waals surface area contributed by atoms with Crippen molar-refractivity contribution in [3.05, 3.63) is 59.7 Å². The Bertz CT molecular complexity index is 994. The Hall–Kier alpha value is -3.38. The van der Waals surface area contributed by atoms with Gasteiger partial charge < -0.3 is 10.1 Å². The highest BCUT2D eigenvalue weighted by Gasteiger charge is 2.23. The lowest BCUT2D eigenvalue weighted by Gasteiger charge is -2.22. The number of rotatable bonds is 6. The molecule has 0 unspecified atom stereocenters. The Morgan fingerprint density at radius 2 is 1.78 bits per heavy atom. The molecule has 0 aliphatic heterocycles. The van der Waals surface area contributed by atoms with E-state index in [1.807, 2.05) is 6.07 Å². The monoisotopic (exact) mass is 387 g/mol. The molecule has 0 atom stereocenters. The fraction of sp³-hybridized carbons (Fsp3) is 0.167. The van der Waals surface area contributed by atoms with E-state index in [1.165, 1.54) is 43.5 Å². The summed E-state index contributed by atoms with van der Waals surface area (Å²) in [5.41, 5.74) is 0.961. The number of benzene rings is 2. The third-order valence-electron chi connectivity index (χ3n) is 3.57. The Kier molecular flexibility index (Phi) is 6.15. The molecular formula is C18H17N3O5S. The molecule has 0 heterocycles. The summed E-state index contributed by atoms with van der Waals surface area (Å²) in [5.74, 6) is -1.11. The lowest BCUT2D eigenvalue weighted by molar-refractivity contribution is -0.114. The summed E-state index contributed by atoms with van der Waals surface area (Å²) in [7, 11) is -2.54. The standard InChI is InChI=1S/C18H17N3O5S/c1-26-18(23)13-7-9-15(10-8-13)20-17(22)12-21(27(2,24)25)16-6-4-3-5-14(16)11-19/h3-10H,12H2,1-2H3,(H,20,22). The van der Waals surface area contributed by atoms with E-state index in [-0.39, 0.29) is 11.3 Å². The number of nitrogens with zero attached hydrogens (tertiary/aromatic N) is 2. The molecule has 0 fully saturated rings. The van der Waals surface area contributed by atoms with Gasteiger partial charge in [-0.15, -0.1) is 0 Å². The number of esters is 1. The molecule has 0 saturated heterocycles. The molecule has 140 valence electrons. The molecule has 0 saturated carbocycles. The van der Waals surface area contributed by atoms with E-state index in [0.717, 1.165) is 10.6 Å². The van der Waals surface area contributed by atoms with Gasteiger partial charge in [-0.3, -0.25) is 9.10 Å². The van der Waals surface area contributed by atoms with E-state index >= 15 is 0 Å². The van der Waals surface area contributed by atoms with E-state index in [0.29, 0.717) is 11.3 Å². The summed E-state index contributed by atoms with van der Waals surface area (Å²) in [5, 5.41) is 11.7. The van der Waals surface area contributed by atoms with Crippen molar-refractivity contribution >= 4 is 33.3 Å². The number of ether oxygens (including phenoxy) is 1. The van der Waals surface area contributed by atoms with Crippen LogP contribution >= 0.6 is 0 Å². The minimum Gasteiger partial charge on any atom is -0.465 e. The van der Waals surface area contributed by atoms with Crippen molar-refractivity contribution in [2.45, 2.75) is 0 Å². The fourth-order valence-electron chi connectivity index (χ4n) is 2.31. The average molecular weight is 387 g/mol. The Morgan fingerprint density at radius 1 is 1.15 bits per heavy atom. The molecule has 0 aromatic heterocycles. The van der Waals surface area contributed by atoms with Crippen LogP contribution in [0.5, 0.6) is 0 Å². The molecule has 0 bridgehead atoms. The van der Waals surface area contributed by atoms with Gasteiger partial charge in [-0.1, -0.05) is 12.1 Å². The molecule has 27 heavy (non-hydrogen) atoms. The molecule has 0 aliphatic carbocycles. The third-order valence-corrected chi connectivity index (χ3v) is 4.70.